The summed E-state index contributed by atoms with van der Waals surface area (Å²) in [5.41, 5.74) is 0. The molecule has 0 aromatic rings. The first-order valence-corrected chi connectivity index (χ1v) is 13.0. The number of unbranched alkanes of at least 4 members (excludes halogenated alkanes) is 11. The topological polar surface area (TPSA) is 64.6 Å². The lowest BCUT2D eigenvalue weighted by Crippen LogP contribution is -2.25. The van der Waals surface area contributed by atoms with E-state index < -0.39 is 7.60 Å². The predicted molar refractivity (Wildman–Crippen MR) is 114 cm³/mol. The molecule has 0 fully saturated rings. The standard InChI is InChI=1S/C21H44NO4P/c1-4-7-8-9-10-11-12-13-14-15-16-17-19-22-21(23)18-20-27(24,25-5-2)26-6-3/h4-20H2,1-3H3,(H,22,23). The normalized spacial score (nSPS) is 11.7. The molecule has 0 aliphatic heterocycles. The SMILES string of the molecule is CCCCCCCCCCCCCCNC(=O)CCP(=O)(OCC)OCC. The van der Waals surface area contributed by atoms with Crippen LogP contribution in [0.25, 0.3) is 0 Å². The molecule has 0 atom stereocenters. The summed E-state index contributed by atoms with van der Waals surface area (Å²) >= 11 is 0. The van der Waals surface area contributed by atoms with Gasteiger partial charge < -0.3 is 14.4 Å². The van der Waals surface area contributed by atoms with Crippen molar-refractivity contribution in [1.82, 2.24) is 5.32 Å². The van der Waals surface area contributed by atoms with Gasteiger partial charge in [-0.15, -0.1) is 0 Å². The third kappa shape index (κ3) is 17.5. The van der Waals surface area contributed by atoms with Crippen LogP contribution in [0, 0.1) is 0 Å². The summed E-state index contributed by atoms with van der Waals surface area (Å²) in [6, 6.07) is 0. The highest BCUT2D eigenvalue weighted by atomic mass is 31.2. The smallest absolute Gasteiger partial charge is 0.331 e. The second-order valence-corrected chi connectivity index (χ2v) is 9.34. The lowest BCUT2D eigenvalue weighted by atomic mass is 10.1. The Balaban J connectivity index is 3.47. The summed E-state index contributed by atoms with van der Waals surface area (Å²) in [6.07, 6.45) is 16.0. The molecule has 1 N–H and O–H groups in total. The van der Waals surface area contributed by atoms with Crippen molar-refractivity contribution in [2.24, 2.45) is 0 Å². The van der Waals surface area contributed by atoms with Crippen molar-refractivity contribution in [2.75, 3.05) is 25.9 Å². The molecular formula is C21H44NO4P. The van der Waals surface area contributed by atoms with Crippen molar-refractivity contribution >= 4 is 13.5 Å². The maximum Gasteiger partial charge on any atom is 0.331 e. The Hall–Kier alpha value is -0.380. The van der Waals surface area contributed by atoms with Crippen LogP contribution in [0.4, 0.5) is 0 Å². The zero-order valence-corrected chi connectivity index (χ0v) is 19.0. The fourth-order valence-electron chi connectivity index (χ4n) is 3.08. The highest BCUT2D eigenvalue weighted by Gasteiger charge is 2.24. The zero-order valence-electron chi connectivity index (χ0n) is 18.1. The Morgan fingerprint density at radius 3 is 1.63 bits per heavy atom. The lowest BCUT2D eigenvalue weighted by Gasteiger charge is -2.16. The van der Waals surface area contributed by atoms with E-state index >= 15 is 0 Å². The minimum atomic E-state index is -3.11. The summed E-state index contributed by atoms with van der Waals surface area (Å²) < 4.78 is 22.7. The number of carbonyl (C=O) groups excluding carboxylic acids is 1. The molecule has 0 aromatic heterocycles. The second-order valence-electron chi connectivity index (χ2n) is 7.16. The van der Waals surface area contributed by atoms with Gasteiger partial charge >= 0.3 is 7.60 Å². The molecule has 0 unspecified atom stereocenters. The van der Waals surface area contributed by atoms with Crippen molar-refractivity contribution in [2.45, 2.75) is 104 Å². The van der Waals surface area contributed by atoms with E-state index in [1.165, 1.54) is 64.2 Å². The number of hydrogen-bond acceptors (Lipinski definition) is 4. The molecule has 0 rings (SSSR count). The third-order valence-corrected chi connectivity index (χ3v) is 6.69. The van der Waals surface area contributed by atoms with Gasteiger partial charge in [0.05, 0.1) is 19.4 Å². The quantitative estimate of drug-likeness (QED) is 0.186. The minimum absolute atomic E-state index is 0.0716. The van der Waals surface area contributed by atoms with Crippen LogP contribution in [0.2, 0.25) is 0 Å². The van der Waals surface area contributed by atoms with Crippen LogP contribution in [0.1, 0.15) is 104 Å². The van der Waals surface area contributed by atoms with E-state index in [4.69, 9.17) is 9.05 Å². The second kappa shape index (κ2) is 19.0. The van der Waals surface area contributed by atoms with E-state index in [9.17, 15) is 9.36 Å². The number of carbonyl (C=O) groups is 1. The van der Waals surface area contributed by atoms with Gasteiger partial charge in [0.1, 0.15) is 0 Å². The highest BCUT2D eigenvalue weighted by molar-refractivity contribution is 7.53. The number of amides is 1. The molecular weight excluding hydrogens is 361 g/mol. The van der Waals surface area contributed by atoms with Crippen molar-refractivity contribution in [3.05, 3.63) is 0 Å². The lowest BCUT2D eigenvalue weighted by molar-refractivity contribution is -0.120. The minimum Gasteiger partial charge on any atom is -0.356 e. The molecule has 27 heavy (non-hydrogen) atoms. The molecule has 0 bridgehead atoms. The Bertz CT molecular complexity index is 380. The molecule has 0 heterocycles. The average molecular weight is 406 g/mol. The van der Waals surface area contributed by atoms with Gasteiger partial charge in [-0.2, -0.15) is 0 Å². The molecule has 0 aromatic carbocycles. The average Bonchev–Trinajstić information content (AvgIpc) is 2.64. The first kappa shape index (κ1) is 26.6. The molecule has 0 saturated heterocycles. The third-order valence-electron chi connectivity index (χ3n) is 4.62. The van der Waals surface area contributed by atoms with Crippen molar-refractivity contribution < 1.29 is 18.4 Å². The molecule has 1 amide bonds. The first-order chi connectivity index (χ1) is 13.1. The van der Waals surface area contributed by atoms with Gasteiger partial charge in [-0.3, -0.25) is 9.36 Å². The van der Waals surface area contributed by atoms with E-state index in [-0.39, 0.29) is 18.5 Å². The molecule has 0 aliphatic rings. The maximum atomic E-state index is 12.3. The van der Waals surface area contributed by atoms with Gasteiger partial charge in [-0.1, -0.05) is 77.6 Å². The number of rotatable bonds is 20. The summed E-state index contributed by atoms with van der Waals surface area (Å²) in [7, 11) is -3.11. The van der Waals surface area contributed by atoms with Crippen LogP contribution in [-0.2, 0) is 18.4 Å². The van der Waals surface area contributed by atoms with Crippen molar-refractivity contribution in [3.8, 4) is 0 Å². The maximum absolute atomic E-state index is 12.3. The fourth-order valence-corrected chi connectivity index (χ4v) is 4.68. The van der Waals surface area contributed by atoms with Crippen LogP contribution in [0.3, 0.4) is 0 Å². The monoisotopic (exact) mass is 405 g/mol. The molecule has 0 spiro atoms. The first-order valence-electron chi connectivity index (χ1n) is 11.2. The van der Waals surface area contributed by atoms with Gasteiger partial charge in [0.25, 0.3) is 0 Å². The van der Waals surface area contributed by atoms with Crippen LogP contribution in [-0.4, -0.2) is 31.8 Å². The Kier molecular flexibility index (Phi) is 18.7. The number of hydrogen-bond donors (Lipinski definition) is 1. The summed E-state index contributed by atoms with van der Waals surface area (Å²) in [6.45, 7) is 7.17. The molecule has 0 radical (unpaired) electrons. The summed E-state index contributed by atoms with van der Waals surface area (Å²) in [5, 5.41) is 2.90. The van der Waals surface area contributed by atoms with Crippen LogP contribution in [0.15, 0.2) is 0 Å². The van der Waals surface area contributed by atoms with E-state index in [2.05, 4.69) is 12.2 Å². The summed E-state index contributed by atoms with van der Waals surface area (Å²) in [5.74, 6) is -0.0716. The molecule has 6 heteroatoms. The van der Waals surface area contributed by atoms with E-state index in [1.807, 2.05) is 0 Å². The van der Waals surface area contributed by atoms with Crippen LogP contribution < -0.4 is 5.32 Å². The van der Waals surface area contributed by atoms with Crippen LogP contribution >= 0.6 is 7.60 Å². The van der Waals surface area contributed by atoms with Gasteiger partial charge in [0.15, 0.2) is 0 Å². The largest absolute Gasteiger partial charge is 0.356 e. The van der Waals surface area contributed by atoms with E-state index in [1.54, 1.807) is 13.8 Å². The highest BCUT2D eigenvalue weighted by Crippen LogP contribution is 2.48. The van der Waals surface area contributed by atoms with Crippen molar-refractivity contribution in [3.63, 3.8) is 0 Å². The zero-order chi connectivity index (χ0) is 20.2. The Labute approximate surface area is 167 Å². The van der Waals surface area contributed by atoms with Gasteiger partial charge in [0, 0.05) is 13.0 Å². The fraction of sp³-hybridized carbons (Fsp3) is 0.952. The van der Waals surface area contributed by atoms with E-state index in [0.29, 0.717) is 19.8 Å². The predicted octanol–water partition coefficient (Wildman–Crippen LogP) is 6.46. The van der Waals surface area contributed by atoms with Gasteiger partial charge in [-0.25, -0.2) is 0 Å². The van der Waals surface area contributed by atoms with Gasteiger partial charge in [0.2, 0.25) is 5.91 Å². The van der Waals surface area contributed by atoms with Crippen LogP contribution in [0.5, 0.6) is 0 Å². The molecule has 0 aliphatic carbocycles. The summed E-state index contributed by atoms with van der Waals surface area (Å²) in [4.78, 5) is 11.9. The Morgan fingerprint density at radius 1 is 0.741 bits per heavy atom. The van der Waals surface area contributed by atoms with Gasteiger partial charge in [-0.05, 0) is 20.3 Å². The molecule has 5 nitrogen and oxygen atoms in total. The molecule has 0 saturated carbocycles. The van der Waals surface area contributed by atoms with E-state index in [0.717, 1.165) is 12.8 Å². The Morgan fingerprint density at radius 2 is 1.19 bits per heavy atom. The number of nitrogens with one attached hydrogen (secondary N) is 1. The molecule has 162 valence electrons. The van der Waals surface area contributed by atoms with Crippen molar-refractivity contribution in [1.29, 1.82) is 0 Å².